The Kier molecular flexibility index (Phi) is 14.6. The van der Waals surface area contributed by atoms with E-state index in [0.717, 1.165) is 25.2 Å². The quantitative estimate of drug-likeness (QED) is 0.328. The molecule has 9 heteroatoms. The van der Waals surface area contributed by atoms with Crippen molar-refractivity contribution < 1.29 is 39.4 Å². The average molecular weight is 478 g/mol. The van der Waals surface area contributed by atoms with E-state index in [1.165, 1.54) is 6.42 Å². The van der Waals surface area contributed by atoms with Gasteiger partial charge in [-0.3, -0.25) is 4.79 Å². The molecular formula is C24H47NO8. The topological polar surface area (TPSA) is 129 Å². The lowest BCUT2D eigenvalue weighted by atomic mass is 9.92. The van der Waals surface area contributed by atoms with Gasteiger partial charge in [-0.15, -0.1) is 0 Å². The zero-order valence-corrected chi connectivity index (χ0v) is 21.1. The molecular weight excluding hydrogens is 430 g/mol. The van der Waals surface area contributed by atoms with E-state index >= 15 is 0 Å². The lowest BCUT2D eigenvalue weighted by Crippen LogP contribution is -2.55. The highest BCUT2D eigenvalue weighted by Crippen LogP contribution is 2.27. The second-order valence-electron chi connectivity index (χ2n) is 9.53. The van der Waals surface area contributed by atoms with Crippen molar-refractivity contribution in [3.63, 3.8) is 0 Å². The second-order valence-corrected chi connectivity index (χ2v) is 9.53. The number of hydrogen-bond donors (Lipinski definition) is 4. The summed E-state index contributed by atoms with van der Waals surface area (Å²) in [5, 5.41) is 38.5. The Bertz CT molecular complexity index is 533. The molecule has 4 N–H and O–H groups in total. The summed E-state index contributed by atoms with van der Waals surface area (Å²) < 4.78 is 16.5. The highest BCUT2D eigenvalue weighted by Gasteiger charge is 2.42. The molecule has 2 rings (SSSR count). The molecule has 0 spiro atoms. The first-order valence-corrected chi connectivity index (χ1v) is 12.4. The molecule has 2 unspecified atom stereocenters. The highest BCUT2D eigenvalue weighted by atomic mass is 16.7. The first-order valence-electron chi connectivity index (χ1n) is 12.4. The molecule has 33 heavy (non-hydrogen) atoms. The summed E-state index contributed by atoms with van der Waals surface area (Å²) in [5.41, 5.74) is 0. The minimum Gasteiger partial charge on any atom is -0.394 e. The summed E-state index contributed by atoms with van der Waals surface area (Å²) >= 11 is 0. The maximum Gasteiger partial charge on any atom is 0.222 e. The summed E-state index contributed by atoms with van der Waals surface area (Å²) in [7, 11) is 1.62. The molecule has 0 aliphatic carbocycles. The molecule has 0 saturated carbocycles. The van der Waals surface area contributed by atoms with Gasteiger partial charge in [0.2, 0.25) is 5.91 Å². The van der Waals surface area contributed by atoms with Crippen LogP contribution in [0.25, 0.3) is 0 Å². The molecule has 9 nitrogen and oxygen atoms in total. The highest BCUT2D eigenvalue weighted by molar-refractivity contribution is 5.76. The fourth-order valence-corrected chi connectivity index (χ4v) is 3.83. The van der Waals surface area contributed by atoms with Gasteiger partial charge in [0, 0.05) is 32.6 Å². The molecule has 0 bridgehead atoms. The van der Waals surface area contributed by atoms with E-state index in [1.54, 1.807) is 18.9 Å². The third-order valence-corrected chi connectivity index (χ3v) is 6.56. The number of carbonyl (C=O) groups excluding carboxylic acids is 1. The number of amides is 1. The number of aliphatic hydroxyl groups is 4. The van der Waals surface area contributed by atoms with Crippen LogP contribution in [0, 0.1) is 11.8 Å². The summed E-state index contributed by atoms with van der Waals surface area (Å²) in [6.07, 6.45) is 0.949. The van der Waals surface area contributed by atoms with Crippen LogP contribution in [0.5, 0.6) is 0 Å². The van der Waals surface area contributed by atoms with Crippen molar-refractivity contribution in [2.24, 2.45) is 11.8 Å². The van der Waals surface area contributed by atoms with E-state index in [9.17, 15) is 25.2 Å². The Hall–Kier alpha value is -0.810. The van der Waals surface area contributed by atoms with Gasteiger partial charge < -0.3 is 39.5 Å². The van der Waals surface area contributed by atoms with Crippen LogP contribution < -0.4 is 0 Å². The Morgan fingerprint density at radius 1 is 1.12 bits per heavy atom. The molecule has 2 aliphatic heterocycles. The fourth-order valence-electron chi connectivity index (χ4n) is 3.83. The normalized spacial score (nSPS) is 32.1. The second kappa shape index (κ2) is 16.0. The SMILES string of the molecule is CCC(C)C.CO[C@@H]1C[C@@H](CO)N(C(=O)CCCCCO[C@@H]2OC(CO)[C@H](O)[C@H](O)C2C)C1. The van der Waals surface area contributed by atoms with E-state index in [-0.39, 0.29) is 31.3 Å². The van der Waals surface area contributed by atoms with E-state index in [4.69, 9.17) is 14.2 Å². The van der Waals surface area contributed by atoms with Gasteiger partial charge in [-0.25, -0.2) is 0 Å². The molecule has 7 atom stereocenters. The number of hydrogen-bond acceptors (Lipinski definition) is 8. The number of unbranched alkanes of at least 4 members (excludes halogenated alkanes) is 2. The van der Waals surface area contributed by atoms with Crippen molar-refractivity contribution >= 4 is 5.91 Å². The Balaban J connectivity index is 0.000000981. The van der Waals surface area contributed by atoms with Crippen LogP contribution in [0.4, 0.5) is 0 Å². The Morgan fingerprint density at radius 3 is 2.33 bits per heavy atom. The van der Waals surface area contributed by atoms with Crippen molar-refractivity contribution in [3.05, 3.63) is 0 Å². The van der Waals surface area contributed by atoms with E-state index < -0.39 is 30.5 Å². The van der Waals surface area contributed by atoms with Crippen LogP contribution in [0.15, 0.2) is 0 Å². The molecule has 196 valence electrons. The number of rotatable bonds is 11. The van der Waals surface area contributed by atoms with Gasteiger partial charge in [0.25, 0.3) is 0 Å². The predicted octanol–water partition coefficient (Wildman–Crippen LogP) is 1.30. The molecule has 0 aromatic heterocycles. The average Bonchev–Trinajstić information content (AvgIpc) is 3.25. The van der Waals surface area contributed by atoms with Gasteiger partial charge in [-0.2, -0.15) is 0 Å². The van der Waals surface area contributed by atoms with E-state index in [0.29, 0.717) is 26.0 Å². The minimum absolute atomic E-state index is 0.0106. The lowest BCUT2D eigenvalue weighted by Gasteiger charge is -2.40. The smallest absolute Gasteiger partial charge is 0.222 e. The molecule has 2 aliphatic rings. The maximum atomic E-state index is 12.4. The van der Waals surface area contributed by atoms with Crippen molar-refractivity contribution in [3.8, 4) is 0 Å². The standard InChI is InChI=1S/C19H35NO8.C5H12/c1-12-17(24)18(25)15(11-22)28-19(12)27-7-5-3-4-6-16(23)20-9-14(26-2)8-13(20)10-21;1-4-5(2)3/h12-15,17-19,21-22,24-25H,3-11H2,1-2H3;5H,4H2,1-3H3/t12?,13-,14+,15?,17+,18-,19+;/m0./s1. The van der Waals surface area contributed by atoms with Crippen LogP contribution in [0.2, 0.25) is 0 Å². The fraction of sp³-hybridized carbons (Fsp3) is 0.958. The van der Waals surface area contributed by atoms with Crippen molar-refractivity contribution in [1.82, 2.24) is 4.90 Å². The van der Waals surface area contributed by atoms with Crippen molar-refractivity contribution in [1.29, 1.82) is 0 Å². The van der Waals surface area contributed by atoms with Crippen LogP contribution in [-0.4, -0.2) is 101 Å². The number of aliphatic hydroxyl groups excluding tert-OH is 4. The van der Waals surface area contributed by atoms with Crippen LogP contribution >= 0.6 is 0 Å². The molecule has 2 fully saturated rings. The summed E-state index contributed by atoms with van der Waals surface area (Å²) in [5.74, 6) is 0.514. The number of likely N-dealkylation sites (tertiary alicyclic amines) is 1. The van der Waals surface area contributed by atoms with Crippen LogP contribution in [-0.2, 0) is 19.0 Å². The number of carbonyl (C=O) groups is 1. The van der Waals surface area contributed by atoms with E-state index in [1.807, 2.05) is 0 Å². The molecule has 0 aromatic rings. The zero-order valence-electron chi connectivity index (χ0n) is 21.1. The van der Waals surface area contributed by atoms with Crippen molar-refractivity contribution in [2.45, 2.75) is 103 Å². The number of methoxy groups -OCH3 is 1. The molecule has 0 radical (unpaired) electrons. The first kappa shape index (κ1) is 30.2. The van der Waals surface area contributed by atoms with Crippen molar-refractivity contribution in [2.75, 3.05) is 33.5 Å². The maximum absolute atomic E-state index is 12.4. The van der Waals surface area contributed by atoms with E-state index in [2.05, 4.69) is 20.8 Å². The molecule has 1 amide bonds. The number of nitrogens with zero attached hydrogens (tertiary/aromatic N) is 1. The Morgan fingerprint density at radius 2 is 1.79 bits per heavy atom. The van der Waals surface area contributed by atoms with Gasteiger partial charge in [-0.1, -0.05) is 40.5 Å². The largest absolute Gasteiger partial charge is 0.394 e. The van der Waals surface area contributed by atoms with Gasteiger partial charge in [0.1, 0.15) is 12.2 Å². The summed E-state index contributed by atoms with van der Waals surface area (Å²) in [6.45, 7) is 8.87. The van der Waals surface area contributed by atoms with Crippen LogP contribution in [0.1, 0.15) is 66.2 Å². The van der Waals surface area contributed by atoms with Gasteiger partial charge in [0.15, 0.2) is 6.29 Å². The predicted molar refractivity (Wildman–Crippen MR) is 124 cm³/mol. The minimum atomic E-state index is -1.13. The zero-order chi connectivity index (χ0) is 25.0. The molecule has 2 heterocycles. The van der Waals surface area contributed by atoms with Gasteiger partial charge in [-0.05, 0) is 25.2 Å². The summed E-state index contributed by atoms with van der Waals surface area (Å²) in [4.78, 5) is 14.1. The van der Waals surface area contributed by atoms with Gasteiger partial charge in [0.05, 0.1) is 31.5 Å². The molecule has 0 aromatic carbocycles. The third kappa shape index (κ3) is 9.76. The third-order valence-electron chi connectivity index (χ3n) is 6.56. The Labute approximate surface area is 199 Å². The van der Waals surface area contributed by atoms with Crippen LogP contribution in [0.3, 0.4) is 0 Å². The molecule has 2 saturated heterocycles. The van der Waals surface area contributed by atoms with Gasteiger partial charge >= 0.3 is 0 Å². The number of ether oxygens (including phenoxy) is 3. The lowest BCUT2D eigenvalue weighted by molar-refractivity contribution is -0.282. The monoisotopic (exact) mass is 477 g/mol. The summed E-state index contributed by atoms with van der Waals surface area (Å²) in [6, 6.07) is -0.160. The first-order chi connectivity index (χ1) is 15.7.